The molecule has 4 nitrogen and oxygen atoms in total. The fourth-order valence-electron chi connectivity index (χ4n) is 2.30. The van der Waals surface area contributed by atoms with E-state index in [1.54, 1.807) is 0 Å². The largest absolute Gasteiger partial charge is 0.489 e. The third kappa shape index (κ3) is 3.08. The van der Waals surface area contributed by atoms with Crippen LogP contribution in [0.2, 0.25) is 0 Å². The van der Waals surface area contributed by atoms with Crippen LogP contribution in [0.4, 0.5) is 0 Å². The monoisotopic (exact) mass is 269 g/mol. The van der Waals surface area contributed by atoms with E-state index in [1.165, 1.54) is 16.7 Å². The normalized spacial score (nSPS) is 13.6. The summed E-state index contributed by atoms with van der Waals surface area (Å²) in [5, 5.41) is 7.70. The number of ether oxygens (including phenoxy) is 1. The van der Waals surface area contributed by atoms with Gasteiger partial charge in [-0.15, -0.1) is 0 Å². The number of para-hydroxylation sites is 1. The molecule has 0 spiro atoms. The second kappa shape index (κ2) is 5.92. The van der Waals surface area contributed by atoms with E-state index in [2.05, 4.69) is 35.7 Å². The minimum atomic E-state index is 0.672. The van der Waals surface area contributed by atoms with Crippen molar-refractivity contribution in [2.45, 2.75) is 13.5 Å². The predicted molar refractivity (Wildman–Crippen MR) is 79.7 cm³/mol. The molecule has 1 aliphatic rings. The molecule has 0 saturated heterocycles. The Morgan fingerprint density at radius 3 is 3.10 bits per heavy atom. The van der Waals surface area contributed by atoms with Crippen molar-refractivity contribution in [3.05, 3.63) is 53.4 Å². The van der Waals surface area contributed by atoms with Gasteiger partial charge in [-0.1, -0.05) is 18.2 Å². The van der Waals surface area contributed by atoms with E-state index in [9.17, 15) is 0 Å². The first-order valence-corrected chi connectivity index (χ1v) is 6.92. The smallest absolute Gasteiger partial charge is 0.127 e. The maximum atomic E-state index is 5.73. The van der Waals surface area contributed by atoms with Crippen LogP contribution in [-0.2, 0) is 6.54 Å². The van der Waals surface area contributed by atoms with Crippen molar-refractivity contribution in [3.63, 3.8) is 0 Å². The second-order valence-corrected chi connectivity index (χ2v) is 5.09. The molecule has 0 bridgehead atoms. The Hall–Kier alpha value is -2.07. The summed E-state index contributed by atoms with van der Waals surface area (Å²) in [6.45, 7) is 5.37. The van der Waals surface area contributed by atoms with E-state index >= 15 is 0 Å². The Kier molecular flexibility index (Phi) is 3.83. The van der Waals surface area contributed by atoms with E-state index in [4.69, 9.17) is 4.74 Å². The minimum Gasteiger partial charge on any atom is -0.489 e. The average Bonchev–Trinajstić information content (AvgIpc) is 2.89. The van der Waals surface area contributed by atoms with Gasteiger partial charge in [-0.2, -0.15) is 5.10 Å². The van der Waals surface area contributed by atoms with Crippen LogP contribution in [0.5, 0.6) is 5.75 Å². The lowest BCUT2D eigenvalue weighted by Gasteiger charge is -2.18. The van der Waals surface area contributed by atoms with Crippen molar-refractivity contribution >= 4 is 6.08 Å². The quantitative estimate of drug-likeness (QED) is 0.846. The molecule has 4 heteroatoms. The Bertz CT molecular complexity index is 616. The molecule has 1 aromatic carbocycles. The molecular weight excluding hydrogens is 250 g/mol. The van der Waals surface area contributed by atoms with E-state index in [1.807, 2.05) is 29.1 Å². The van der Waals surface area contributed by atoms with Gasteiger partial charge in [-0.3, -0.25) is 4.68 Å². The van der Waals surface area contributed by atoms with Gasteiger partial charge in [0.2, 0.25) is 0 Å². The Morgan fingerprint density at radius 2 is 2.25 bits per heavy atom. The van der Waals surface area contributed by atoms with E-state index < -0.39 is 0 Å². The first kappa shape index (κ1) is 12.9. The Labute approximate surface area is 119 Å². The van der Waals surface area contributed by atoms with Gasteiger partial charge in [-0.25, -0.2) is 0 Å². The molecule has 3 rings (SSSR count). The first-order chi connectivity index (χ1) is 9.81. The van der Waals surface area contributed by atoms with Gasteiger partial charge in [-0.05, 0) is 30.2 Å². The predicted octanol–water partition coefficient (Wildman–Crippen LogP) is 2.26. The molecule has 0 radical (unpaired) electrons. The highest BCUT2D eigenvalue weighted by Gasteiger charge is 2.09. The number of aryl methyl sites for hydroxylation is 1. The van der Waals surface area contributed by atoms with Gasteiger partial charge in [0.1, 0.15) is 12.4 Å². The van der Waals surface area contributed by atoms with Gasteiger partial charge in [0, 0.05) is 24.8 Å². The summed E-state index contributed by atoms with van der Waals surface area (Å²) in [7, 11) is 0. The minimum absolute atomic E-state index is 0.672. The number of nitrogens with one attached hydrogen (secondary N) is 1. The Morgan fingerprint density at radius 1 is 1.35 bits per heavy atom. The van der Waals surface area contributed by atoms with E-state index in [0.717, 1.165) is 25.4 Å². The fraction of sp³-hybridized carbons (Fsp3) is 0.312. The molecule has 0 amide bonds. The van der Waals surface area contributed by atoms with Crippen LogP contribution in [0.3, 0.4) is 0 Å². The summed E-state index contributed by atoms with van der Waals surface area (Å²) in [6, 6.07) is 8.13. The highest BCUT2D eigenvalue weighted by molar-refractivity contribution is 5.62. The lowest BCUT2D eigenvalue weighted by molar-refractivity contribution is 0.342. The highest BCUT2D eigenvalue weighted by Crippen LogP contribution is 2.25. The van der Waals surface area contributed by atoms with Gasteiger partial charge in [0.25, 0.3) is 0 Å². The molecule has 0 unspecified atom stereocenters. The lowest BCUT2D eigenvalue weighted by atomic mass is 10.1. The van der Waals surface area contributed by atoms with Crippen molar-refractivity contribution in [3.8, 4) is 5.75 Å². The summed E-state index contributed by atoms with van der Waals surface area (Å²) < 4.78 is 7.69. The van der Waals surface area contributed by atoms with E-state index in [-0.39, 0.29) is 0 Å². The van der Waals surface area contributed by atoms with Crippen molar-refractivity contribution in [1.82, 2.24) is 15.1 Å². The maximum absolute atomic E-state index is 5.73. The summed E-state index contributed by atoms with van der Waals surface area (Å²) in [5.41, 5.74) is 3.64. The summed E-state index contributed by atoms with van der Waals surface area (Å²) in [5.74, 6) is 0.975. The molecule has 2 heterocycles. The topological polar surface area (TPSA) is 39.1 Å². The SMILES string of the molecule is Cc1cnn(CCNCC2=Cc3ccccc3OC2)c1. The van der Waals surface area contributed by atoms with Gasteiger partial charge in [0.15, 0.2) is 0 Å². The number of benzene rings is 1. The Balaban J connectivity index is 1.49. The zero-order valence-corrected chi connectivity index (χ0v) is 11.7. The molecule has 1 aliphatic heterocycles. The fourth-order valence-corrected chi connectivity index (χ4v) is 2.30. The van der Waals surface area contributed by atoms with Crippen LogP contribution in [0.1, 0.15) is 11.1 Å². The zero-order chi connectivity index (χ0) is 13.8. The van der Waals surface area contributed by atoms with Crippen molar-refractivity contribution in [2.24, 2.45) is 0 Å². The molecule has 0 aliphatic carbocycles. The van der Waals surface area contributed by atoms with Crippen molar-refractivity contribution in [1.29, 1.82) is 0 Å². The standard InChI is InChI=1S/C16H19N3O/c1-13-9-18-19(11-13)7-6-17-10-14-8-15-4-2-3-5-16(15)20-12-14/h2-5,8-9,11,17H,6-7,10,12H2,1H3. The third-order valence-electron chi connectivity index (χ3n) is 3.32. The number of aromatic nitrogens is 2. The lowest BCUT2D eigenvalue weighted by Crippen LogP contribution is -2.25. The van der Waals surface area contributed by atoms with Gasteiger partial charge in [0.05, 0.1) is 12.7 Å². The van der Waals surface area contributed by atoms with Crippen LogP contribution in [-0.4, -0.2) is 29.5 Å². The summed E-state index contributed by atoms with van der Waals surface area (Å²) in [6.07, 6.45) is 6.15. The maximum Gasteiger partial charge on any atom is 0.127 e. The van der Waals surface area contributed by atoms with Crippen molar-refractivity contribution < 1.29 is 4.74 Å². The number of nitrogens with zero attached hydrogens (tertiary/aromatic N) is 2. The molecule has 0 saturated carbocycles. The highest BCUT2D eigenvalue weighted by atomic mass is 16.5. The van der Waals surface area contributed by atoms with Gasteiger partial charge >= 0.3 is 0 Å². The van der Waals surface area contributed by atoms with Crippen LogP contribution in [0.25, 0.3) is 6.08 Å². The van der Waals surface area contributed by atoms with E-state index in [0.29, 0.717) is 6.61 Å². The molecule has 20 heavy (non-hydrogen) atoms. The van der Waals surface area contributed by atoms with Crippen LogP contribution < -0.4 is 10.1 Å². The summed E-state index contributed by atoms with van der Waals surface area (Å²) in [4.78, 5) is 0. The van der Waals surface area contributed by atoms with Gasteiger partial charge < -0.3 is 10.1 Å². The molecule has 2 aromatic rings. The summed E-state index contributed by atoms with van der Waals surface area (Å²) >= 11 is 0. The first-order valence-electron chi connectivity index (χ1n) is 6.92. The second-order valence-electron chi connectivity index (χ2n) is 5.09. The number of hydrogen-bond acceptors (Lipinski definition) is 3. The molecule has 1 N–H and O–H groups in total. The molecular formula is C16H19N3O. The number of fused-ring (bicyclic) bond motifs is 1. The average molecular weight is 269 g/mol. The van der Waals surface area contributed by atoms with Crippen molar-refractivity contribution in [2.75, 3.05) is 19.7 Å². The number of hydrogen-bond donors (Lipinski definition) is 1. The molecule has 0 atom stereocenters. The number of rotatable bonds is 5. The van der Waals surface area contributed by atoms with Crippen LogP contribution in [0, 0.1) is 6.92 Å². The molecule has 0 fully saturated rings. The van der Waals surface area contributed by atoms with Crippen LogP contribution >= 0.6 is 0 Å². The zero-order valence-electron chi connectivity index (χ0n) is 11.7. The van der Waals surface area contributed by atoms with Crippen LogP contribution in [0.15, 0.2) is 42.2 Å². The molecule has 1 aromatic heterocycles. The molecule has 104 valence electrons. The third-order valence-corrected chi connectivity index (χ3v) is 3.32.